The van der Waals surface area contributed by atoms with Crippen LogP contribution in [0.25, 0.3) is 6.08 Å². The molecule has 0 radical (unpaired) electrons. The van der Waals surface area contributed by atoms with Gasteiger partial charge in [-0.3, -0.25) is 14.5 Å². The first-order valence-electron chi connectivity index (χ1n) is 8.49. The van der Waals surface area contributed by atoms with Gasteiger partial charge in [0.1, 0.15) is 10.1 Å². The minimum atomic E-state index is -0.409. The molecule has 1 heterocycles. The van der Waals surface area contributed by atoms with Crippen LogP contribution in [0.1, 0.15) is 18.4 Å². The molecule has 144 valence electrons. The highest BCUT2D eigenvalue weighted by molar-refractivity contribution is 9.10. The highest BCUT2D eigenvalue weighted by Gasteiger charge is 2.31. The third-order valence-corrected chi connectivity index (χ3v) is 5.84. The topological polar surface area (TPSA) is 49.4 Å². The lowest BCUT2D eigenvalue weighted by Crippen LogP contribution is -2.29. The molecule has 1 N–H and O–H groups in total. The number of amides is 2. The van der Waals surface area contributed by atoms with Gasteiger partial charge < -0.3 is 5.32 Å². The van der Waals surface area contributed by atoms with E-state index in [2.05, 4.69) is 21.2 Å². The Balaban J connectivity index is 1.53. The van der Waals surface area contributed by atoms with Crippen LogP contribution in [0, 0.1) is 5.82 Å². The molecule has 0 aliphatic carbocycles. The zero-order chi connectivity index (χ0) is 20.1. The highest BCUT2D eigenvalue weighted by atomic mass is 79.9. The van der Waals surface area contributed by atoms with E-state index in [1.165, 1.54) is 34.9 Å². The summed E-state index contributed by atoms with van der Waals surface area (Å²) in [5.41, 5.74) is 1.33. The molecule has 0 bridgehead atoms. The van der Waals surface area contributed by atoms with E-state index in [-0.39, 0.29) is 18.2 Å². The van der Waals surface area contributed by atoms with Gasteiger partial charge in [-0.2, -0.15) is 0 Å². The summed E-state index contributed by atoms with van der Waals surface area (Å²) in [6, 6.07) is 13.4. The van der Waals surface area contributed by atoms with Crippen molar-refractivity contribution in [2.24, 2.45) is 0 Å². The maximum atomic E-state index is 13.2. The van der Waals surface area contributed by atoms with E-state index in [0.717, 1.165) is 10.0 Å². The van der Waals surface area contributed by atoms with E-state index in [1.807, 2.05) is 30.3 Å². The summed E-state index contributed by atoms with van der Waals surface area (Å²) in [4.78, 5) is 26.7. The van der Waals surface area contributed by atoms with Crippen molar-refractivity contribution in [3.63, 3.8) is 0 Å². The maximum Gasteiger partial charge on any atom is 0.266 e. The summed E-state index contributed by atoms with van der Waals surface area (Å²) in [5.74, 6) is -0.794. The Kier molecular flexibility index (Phi) is 6.98. The van der Waals surface area contributed by atoms with Crippen LogP contribution in [-0.2, 0) is 9.59 Å². The van der Waals surface area contributed by atoms with Crippen molar-refractivity contribution in [2.75, 3.05) is 11.9 Å². The number of thioether (sulfide) groups is 1. The van der Waals surface area contributed by atoms with E-state index >= 15 is 0 Å². The fourth-order valence-corrected chi connectivity index (χ4v) is 4.16. The number of anilines is 1. The third-order valence-electron chi connectivity index (χ3n) is 3.94. The quantitative estimate of drug-likeness (QED) is 0.457. The van der Waals surface area contributed by atoms with Crippen LogP contribution >= 0.6 is 39.9 Å². The number of nitrogens with one attached hydrogen (secondary N) is 1. The van der Waals surface area contributed by atoms with Crippen LogP contribution in [0.2, 0.25) is 0 Å². The zero-order valence-corrected chi connectivity index (χ0v) is 17.9. The molecule has 28 heavy (non-hydrogen) atoms. The van der Waals surface area contributed by atoms with E-state index < -0.39 is 5.82 Å². The number of rotatable bonds is 6. The first kappa shape index (κ1) is 20.7. The van der Waals surface area contributed by atoms with Gasteiger partial charge in [-0.25, -0.2) is 4.39 Å². The Bertz CT molecular complexity index is 947. The van der Waals surface area contributed by atoms with Crippen molar-refractivity contribution in [2.45, 2.75) is 12.8 Å². The third kappa shape index (κ3) is 5.50. The predicted molar refractivity (Wildman–Crippen MR) is 118 cm³/mol. The Hall–Kier alpha value is -2.03. The predicted octanol–water partition coefficient (Wildman–Crippen LogP) is 5.21. The van der Waals surface area contributed by atoms with Gasteiger partial charge in [0.2, 0.25) is 5.91 Å². The SMILES string of the molecule is O=C(CCCN1C(=O)/C(=C/c2ccc(Br)cc2)SC1=S)Nc1cccc(F)c1. The summed E-state index contributed by atoms with van der Waals surface area (Å²) in [7, 11) is 0. The van der Waals surface area contributed by atoms with Gasteiger partial charge >= 0.3 is 0 Å². The minimum Gasteiger partial charge on any atom is -0.326 e. The number of hydrogen-bond acceptors (Lipinski definition) is 4. The maximum absolute atomic E-state index is 13.2. The molecule has 0 unspecified atom stereocenters. The fraction of sp³-hybridized carbons (Fsp3) is 0.150. The van der Waals surface area contributed by atoms with Crippen LogP contribution in [-0.4, -0.2) is 27.6 Å². The Morgan fingerprint density at radius 1 is 1.25 bits per heavy atom. The van der Waals surface area contributed by atoms with Crippen molar-refractivity contribution in [1.82, 2.24) is 4.90 Å². The smallest absolute Gasteiger partial charge is 0.266 e. The molecule has 2 amide bonds. The van der Waals surface area contributed by atoms with Crippen molar-refractivity contribution in [1.29, 1.82) is 0 Å². The van der Waals surface area contributed by atoms with Gasteiger partial charge in [0.25, 0.3) is 5.91 Å². The number of carbonyl (C=O) groups excluding carboxylic acids is 2. The lowest BCUT2D eigenvalue weighted by Gasteiger charge is -2.14. The molecular formula is C20H16BrFN2O2S2. The van der Waals surface area contributed by atoms with Crippen molar-refractivity contribution in [3.8, 4) is 0 Å². The van der Waals surface area contributed by atoms with E-state index in [4.69, 9.17) is 12.2 Å². The molecule has 1 aliphatic heterocycles. The second-order valence-electron chi connectivity index (χ2n) is 6.05. The number of carbonyl (C=O) groups is 2. The second kappa shape index (κ2) is 9.45. The fourth-order valence-electron chi connectivity index (χ4n) is 2.59. The highest BCUT2D eigenvalue weighted by Crippen LogP contribution is 2.32. The number of hydrogen-bond donors (Lipinski definition) is 1. The standard InChI is InChI=1S/C20H16BrFN2O2S2/c21-14-8-6-13(7-9-14)11-17-19(26)24(20(27)28-17)10-2-5-18(25)23-16-4-1-3-15(22)12-16/h1,3-4,6-9,11-12H,2,5,10H2,(H,23,25)/b17-11-. The summed E-state index contributed by atoms with van der Waals surface area (Å²) < 4.78 is 14.6. The lowest BCUT2D eigenvalue weighted by molar-refractivity contribution is -0.122. The molecule has 1 fully saturated rings. The van der Waals surface area contributed by atoms with Gasteiger partial charge in [0, 0.05) is 23.1 Å². The van der Waals surface area contributed by atoms with Gasteiger partial charge in [0.15, 0.2) is 0 Å². The normalized spacial score (nSPS) is 15.4. The van der Waals surface area contributed by atoms with Crippen molar-refractivity contribution < 1.29 is 14.0 Å². The Morgan fingerprint density at radius 2 is 2.00 bits per heavy atom. The van der Waals surface area contributed by atoms with Crippen LogP contribution < -0.4 is 5.32 Å². The van der Waals surface area contributed by atoms with Gasteiger partial charge in [-0.05, 0) is 48.4 Å². The molecule has 0 spiro atoms. The van der Waals surface area contributed by atoms with Crippen LogP contribution in [0.4, 0.5) is 10.1 Å². The monoisotopic (exact) mass is 478 g/mol. The first-order chi connectivity index (χ1) is 13.4. The number of benzene rings is 2. The Morgan fingerprint density at radius 3 is 2.71 bits per heavy atom. The molecule has 2 aromatic carbocycles. The lowest BCUT2D eigenvalue weighted by atomic mass is 10.2. The largest absolute Gasteiger partial charge is 0.326 e. The van der Waals surface area contributed by atoms with Crippen molar-refractivity contribution in [3.05, 3.63) is 69.3 Å². The minimum absolute atomic E-state index is 0.150. The molecule has 0 saturated carbocycles. The van der Waals surface area contributed by atoms with Gasteiger partial charge in [0.05, 0.1) is 4.91 Å². The molecule has 0 atom stereocenters. The number of halogens is 2. The molecule has 2 aromatic rings. The van der Waals surface area contributed by atoms with Crippen molar-refractivity contribution >= 4 is 67.8 Å². The van der Waals surface area contributed by atoms with E-state index in [1.54, 1.807) is 6.07 Å². The molecular weight excluding hydrogens is 463 g/mol. The van der Waals surface area contributed by atoms with E-state index in [0.29, 0.717) is 27.9 Å². The number of thiocarbonyl (C=S) groups is 1. The summed E-state index contributed by atoms with van der Waals surface area (Å²) in [6.07, 6.45) is 2.47. The van der Waals surface area contributed by atoms with Gasteiger partial charge in [-0.1, -0.05) is 58.1 Å². The summed E-state index contributed by atoms with van der Waals surface area (Å²) in [5, 5.41) is 2.64. The molecule has 8 heteroatoms. The molecule has 1 aliphatic rings. The van der Waals surface area contributed by atoms with Gasteiger partial charge in [-0.15, -0.1) is 0 Å². The summed E-state index contributed by atoms with van der Waals surface area (Å²) in [6.45, 7) is 0.360. The van der Waals surface area contributed by atoms with Crippen LogP contribution in [0.5, 0.6) is 0 Å². The molecule has 1 saturated heterocycles. The summed E-state index contributed by atoms with van der Waals surface area (Å²) >= 11 is 9.95. The zero-order valence-electron chi connectivity index (χ0n) is 14.7. The molecule has 3 rings (SSSR count). The van der Waals surface area contributed by atoms with Crippen LogP contribution in [0.3, 0.4) is 0 Å². The average Bonchev–Trinajstić information content (AvgIpc) is 2.91. The number of nitrogens with zero attached hydrogens (tertiary/aromatic N) is 1. The van der Waals surface area contributed by atoms with E-state index in [9.17, 15) is 14.0 Å². The first-order valence-corrected chi connectivity index (χ1v) is 10.5. The molecule has 0 aromatic heterocycles. The Labute approximate surface area is 180 Å². The average molecular weight is 479 g/mol. The second-order valence-corrected chi connectivity index (χ2v) is 8.64. The van der Waals surface area contributed by atoms with Crippen LogP contribution in [0.15, 0.2) is 57.9 Å². The molecule has 4 nitrogen and oxygen atoms in total.